The summed E-state index contributed by atoms with van der Waals surface area (Å²) in [5.41, 5.74) is 2.13. The zero-order chi connectivity index (χ0) is 31.1. The van der Waals surface area contributed by atoms with Crippen LogP contribution in [0.1, 0.15) is 59.4 Å². The summed E-state index contributed by atoms with van der Waals surface area (Å²) < 4.78 is 33.1. The minimum Gasteiger partial charge on any atom is -0.479 e. The summed E-state index contributed by atoms with van der Waals surface area (Å²) in [5, 5.41) is 22.2. The van der Waals surface area contributed by atoms with E-state index in [1.54, 1.807) is 48.5 Å². The maximum Gasteiger partial charge on any atom is 0.335 e. The average molecular weight is 607 g/mol. The van der Waals surface area contributed by atoms with Crippen molar-refractivity contribution >= 4 is 27.8 Å². The van der Waals surface area contributed by atoms with Gasteiger partial charge in [0.1, 0.15) is 5.76 Å². The van der Waals surface area contributed by atoms with E-state index in [9.17, 15) is 33.0 Å². The number of amides is 2. The van der Waals surface area contributed by atoms with Gasteiger partial charge in [0.15, 0.2) is 11.9 Å². The Morgan fingerprint density at radius 2 is 1.70 bits per heavy atom. The first kappa shape index (κ1) is 31.1. The molecule has 224 valence electrons. The molecule has 2 atom stereocenters. The van der Waals surface area contributed by atoms with Gasteiger partial charge < -0.3 is 19.9 Å². The summed E-state index contributed by atoms with van der Waals surface area (Å²) in [4.78, 5) is 44.8. The van der Waals surface area contributed by atoms with Gasteiger partial charge >= 0.3 is 5.97 Å². The first-order chi connectivity index (χ1) is 20.5. The van der Waals surface area contributed by atoms with Crippen LogP contribution in [0.3, 0.4) is 0 Å². The molecule has 0 aliphatic heterocycles. The van der Waals surface area contributed by atoms with Crippen molar-refractivity contribution in [1.82, 2.24) is 20.0 Å². The fourth-order valence-corrected chi connectivity index (χ4v) is 5.67. The minimum absolute atomic E-state index is 0.0568. The lowest BCUT2D eigenvalue weighted by atomic mass is 10.0. The number of aliphatic carboxylic acids is 1. The number of aliphatic hydroxyl groups is 1. The number of aromatic nitrogens is 2. The highest BCUT2D eigenvalue weighted by atomic mass is 32.2. The van der Waals surface area contributed by atoms with Gasteiger partial charge in [-0.05, 0) is 24.1 Å². The zero-order valence-electron chi connectivity index (χ0n) is 23.4. The van der Waals surface area contributed by atoms with Gasteiger partial charge in [-0.3, -0.25) is 19.6 Å². The van der Waals surface area contributed by atoms with Crippen molar-refractivity contribution in [2.45, 2.75) is 50.2 Å². The molecule has 0 aliphatic carbocycles. The Kier molecular flexibility index (Phi) is 9.68. The van der Waals surface area contributed by atoms with Crippen LogP contribution in [0.2, 0.25) is 0 Å². The normalized spacial score (nSPS) is 12.7. The van der Waals surface area contributed by atoms with Crippen molar-refractivity contribution in [3.05, 3.63) is 101 Å². The SMILES string of the molecule is CCCc1oc(C(=O)NC(c2ccccc2)C(O)C(=O)O)cc1Cc1cnc(-c2ccccc2S(=O)(=O)NC(C)=O)cn1. The molecule has 2 aromatic carbocycles. The number of hydrogen-bond donors (Lipinski definition) is 4. The van der Waals surface area contributed by atoms with Crippen LogP contribution < -0.4 is 10.0 Å². The third kappa shape index (κ3) is 7.50. The standard InChI is InChI=1S/C30H30N4O8S/c1-3-9-24-20(15-25(42-24)29(37)33-27(28(36)30(38)39)19-10-5-4-6-11-19)14-21-16-32-23(17-31-21)22-12-7-8-13-26(22)43(40,41)34-18(2)35/h4-8,10-13,15-17,27-28,36H,3,9,14H2,1-2H3,(H,33,37)(H,34,35)(H,38,39). The Morgan fingerprint density at radius 1 is 1.00 bits per heavy atom. The molecule has 0 saturated heterocycles. The Morgan fingerprint density at radius 3 is 2.33 bits per heavy atom. The molecule has 2 unspecified atom stereocenters. The number of carboxylic acids is 1. The second-order valence-electron chi connectivity index (χ2n) is 9.68. The Labute approximate surface area is 247 Å². The third-order valence-corrected chi connectivity index (χ3v) is 7.91. The van der Waals surface area contributed by atoms with Gasteiger partial charge in [-0.2, -0.15) is 0 Å². The van der Waals surface area contributed by atoms with Crippen molar-refractivity contribution < 1.29 is 37.4 Å². The molecule has 2 heterocycles. The number of carbonyl (C=O) groups excluding carboxylic acids is 2. The molecule has 43 heavy (non-hydrogen) atoms. The summed E-state index contributed by atoms with van der Waals surface area (Å²) in [6.07, 6.45) is 2.49. The molecule has 2 aromatic heterocycles. The first-order valence-electron chi connectivity index (χ1n) is 13.3. The van der Waals surface area contributed by atoms with Gasteiger partial charge in [-0.25, -0.2) is 17.9 Å². The number of benzene rings is 2. The molecule has 12 nitrogen and oxygen atoms in total. The number of aliphatic hydroxyl groups excluding tert-OH is 1. The Hall–Kier alpha value is -4.88. The van der Waals surface area contributed by atoms with Gasteiger partial charge in [0.05, 0.1) is 28.5 Å². The summed E-state index contributed by atoms with van der Waals surface area (Å²) in [5.74, 6) is -2.42. The number of furan rings is 1. The van der Waals surface area contributed by atoms with Gasteiger partial charge in [0.25, 0.3) is 15.9 Å². The van der Waals surface area contributed by atoms with Crippen molar-refractivity contribution in [1.29, 1.82) is 0 Å². The predicted octanol–water partition coefficient (Wildman–Crippen LogP) is 3.02. The summed E-state index contributed by atoms with van der Waals surface area (Å²) in [7, 11) is -4.12. The number of sulfonamides is 1. The number of nitrogens with zero attached hydrogens (tertiary/aromatic N) is 2. The van der Waals surface area contributed by atoms with Gasteiger partial charge in [-0.1, -0.05) is 55.5 Å². The van der Waals surface area contributed by atoms with E-state index in [-0.39, 0.29) is 28.3 Å². The van der Waals surface area contributed by atoms with E-state index in [0.717, 1.165) is 13.3 Å². The summed E-state index contributed by atoms with van der Waals surface area (Å²) in [6, 6.07) is 14.7. The van der Waals surface area contributed by atoms with Crippen molar-refractivity contribution in [3.63, 3.8) is 0 Å². The van der Waals surface area contributed by atoms with E-state index in [1.807, 2.05) is 11.6 Å². The summed E-state index contributed by atoms with van der Waals surface area (Å²) >= 11 is 0. The second kappa shape index (κ2) is 13.4. The van der Waals surface area contributed by atoms with Crippen LogP contribution in [-0.4, -0.2) is 52.5 Å². The lowest BCUT2D eigenvalue weighted by Gasteiger charge is -2.21. The first-order valence-corrected chi connectivity index (χ1v) is 14.8. The zero-order valence-corrected chi connectivity index (χ0v) is 24.2. The Balaban J connectivity index is 1.58. The van der Waals surface area contributed by atoms with E-state index in [4.69, 9.17) is 4.42 Å². The Bertz CT molecular complexity index is 1720. The molecule has 4 rings (SSSR count). The molecule has 13 heteroatoms. The number of hydrogen-bond acceptors (Lipinski definition) is 9. The highest BCUT2D eigenvalue weighted by molar-refractivity contribution is 7.90. The van der Waals surface area contributed by atoms with E-state index in [1.165, 1.54) is 24.5 Å². The molecule has 0 radical (unpaired) electrons. The molecule has 0 aliphatic rings. The molecular formula is C30H30N4O8S. The highest BCUT2D eigenvalue weighted by Crippen LogP contribution is 2.27. The van der Waals surface area contributed by atoms with E-state index < -0.39 is 40.0 Å². The van der Waals surface area contributed by atoms with Crippen molar-refractivity contribution in [3.8, 4) is 11.3 Å². The van der Waals surface area contributed by atoms with Crippen LogP contribution >= 0.6 is 0 Å². The number of rotatable bonds is 12. The van der Waals surface area contributed by atoms with Gasteiger partial charge in [0.2, 0.25) is 5.91 Å². The van der Waals surface area contributed by atoms with Crippen molar-refractivity contribution in [2.24, 2.45) is 0 Å². The lowest BCUT2D eigenvalue weighted by Crippen LogP contribution is -2.40. The average Bonchev–Trinajstić information content (AvgIpc) is 3.38. The summed E-state index contributed by atoms with van der Waals surface area (Å²) in [6.45, 7) is 3.05. The molecule has 4 aromatic rings. The fourth-order valence-electron chi connectivity index (χ4n) is 4.46. The van der Waals surface area contributed by atoms with Crippen molar-refractivity contribution in [2.75, 3.05) is 0 Å². The van der Waals surface area contributed by atoms with Crippen LogP contribution in [0.15, 0.2) is 82.4 Å². The number of aryl methyl sites for hydroxylation is 1. The number of carboxylic acid groups (broad SMARTS) is 1. The molecule has 0 bridgehead atoms. The quantitative estimate of drug-likeness (QED) is 0.187. The van der Waals surface area contributed by atoms with E-state index in [0.29, 0.717) is 29.0 Å². The molecule has 0 spiro atoms. The topological polar surface area (TPSA) is 189 Å². The highest BCUT2D eigenvalue weighted by Gasteiger charge is 2.30. The fraction of sp³-hybridized carbons (Fsp3) is 0.233. The minimum atomic E-state index is -4.12. The molecule has 4 N–H and O–H groups in total. The van der Waals surface area contributed by atoms with E-state index in [2.05, 4.69) is 15.3 Å². The molecule has 2 amide bonds. The predicted molar refractivity (Wildman–Crippen MR) is 154 cm³/mol. The number of carbonyl (C=O) groups is 3. The number of nitrogens with one attached hydrogen (secondary N) is 2. The largest absolute Gasteiger partial charge is 0.479 e. The van der Waals surface area contributed by atoms with Crippen LogP contribution in [0, 0.1) is 0 Å². The molecular weight excluding hydrogens is 576 g/mol. The van der Waals surface area contributed by atoms with Crippen LogP contribution in [0.25, 0.3) is 11.3 Å². The maximum absolute atomic E-state index is 13.1. The maximum atomic E-state index is 13.1. The van der Waals surface area contributed by atoms with Crippen LogP contribution in [0.5, 0.6) is 0 Å². The molecule has 0 saturated carbocycles. The van der Waals surface area contributed by atoms with Gasteiger partial charge in [0, 0.05) is 37.1 Å². The second-order valence-corrected chi connectivity index (χ2v) is 11.3. The third-order valence-electron chi connectivity index (χ3n) is 6.42. The monoisotopic (exact) mass is 606 g/mol. The van der Waals surface area contributed by atoms with E-state index >= 15 is 0 Å². The lowest BCUT2D eigenvalue weighted by molar-refractivity contribution is -0.148. The molecule has 0 fully saturated rings. The van der Waals surface area contributed by atoms with Crippen LogP contribution in [0.4, 0.5) is 0 Å². The van der Waals surface area contributed by atoms with Crippen LogP contribution in [-0.2, 0) is 32.5 Å². The smallest absolute Gasteiger partial charge is 0.335 e. The van der Waals surface area contributed by atoms with Gasteiger partial charge in [-0.15, -0.1) is 0 Å².